The van der Waals surface area contributed by atoms with Crippen LogP contribution in [0, 0.1) is 5.92 Å². The fraction of sp³-hybridized carbons (Fsp3) is 0.333. The molecule has 2 amide bonds. The Balaban J connectivity index is 1.49. The molecule has 4 nitrogen and oxygen atoms in total. The molecule has 0 atom stereocenters. The van der Waals surface area contributed by atoms with Crippen molar-refractivity contribution in [2.24, 2.45) is 5.92 Å². The van der Waals surface area contributed by atoms with E-state index in [4.69, 9.17) is 0 Å². The Bertz CT molecular complexity index is 704. The second-order valence-electron chi connectivity index (χ2n) is 6.65. The fourth-order valence-corrected chi connectivity index (χ4v) is 3.27. The zero-order valence-electron chi connectivity index (χ0n) is 14.3. The normalized spacial score (nSPS) is 14.2. The monoisotopic (exact) mass is 336 g/mol. The zero-order valence-corrected chi connectivity index (χ0v) is 14.3. The summed E-state index contributed by atoms with van der Waals surface area (Å²) in [5.41, 5.74) is 2.39. The lowest BCUT2D eigenvalue weighted by molar-refractivity contribution is -0.117. The summed E-state index contributed by atoms with van der Waals surface area (Å²) < 4.78 is 0. The molecule has 0 spiro atoms. The minimum absolute atomic E-state index is 0.0631. The molecule has 0 heterocycles. The van der Waals surface area contributed by atoms with Gasteiger partial charge in [-0.1, -0.05) is 43.2 Å². The largest absolute Gasteiger partial charge is 0.348 e. The van der Waals surface area contributed by atoms with Crippen molar-refractivity contribution in [3.8, 4) is 0 Å². The van der Waals surface area contributed by atoms with Gasteiger partial charge in [0, 0.05) is 24.2 Å². The second kappa shape index (κ2) is 8.47. The van der Waals surface area contributed by atoms with Gasteiger partial charge in [-0.05, 0) is 48.6 Å². The lowest BCUT2D eigenvalue weighted by Crippen LogP contribution is -2.22. The van der Waals surface area contributed by atoms with Gasteiger partial charge in [0.2, 0.25) is 5.91 Å². The summed E-state index contributed by atoms with van der Waals surface area (Å²) in [6.45, 7) is 0.500. The second-order valence-corrected chi connectivity index (χ2v) is 6.65. The highest BCUT2D eigenvalue weighted by Gasteiger charge is 2.18. The summed E-state index contributed by atoms with van der Waals surface area (Å²) >= 11 is 0. The highest BCUT2D eigenvalue weighted by atomic mass is 16.2. The first-order valence-electron chi connectivity index (χ1n) is 8.93. The van der Waals surface area contributed by atoms with Gasteiger partial charge >= 0.3 is 0 Å². The Morgan fingerprint density at radius 2 is 1.60 bits per heavy atom. The molecule has 130 valence electrons. The number of anilines is 1. The van der Waals surface area contributed by atoms with Crippen molar-refractivity contribution in [2.75, 3.05) is 5.32 Å². The molecule has 0 radical (unpaired) electrons. The van der Waals surface area contributed by atoms with E-state index in [1.54, 1.807) is 24.3 Å². The van der Waals surface area contributed by atoms with E-state index in [9.17, 15) is 9.59 Å². The average Bonchev–Trinajstić information content (AvgIpc) is 3.14. The van der Waals surface area contributed by atoms with Gasteiger partial charge in [-0.3, -0.25) is 9.59 Å². The van der Waals surface area contributed by atoms with Crippen LogP contribution in [0.3, 0.4) is 0 Å². The Morgan fingerprint density at radius 1 is 0.920 bits per heavy atom. The zero-order chi connectivity index (χ0) is 17.5. The number of nitrogens with one attached hydrogen (secondary N) is 2. The molecule has 2 N–H and O–H groups in total. The number of carbonyl (C=O) groups excluding carboxylic acids is 2. The van der Waals surface area contributed by atoms with Crippen LogP contribution in [0.1, 0.15) is 48.0 Å². The number of amides is 2. The van der Waals surface area contributed by atoms with E-state index in [-0.39, 0.29) is 11.8 Å². The summed E-state index contributed by atoms with van der Waals surface area (Å²) in [4.78, 5) is 24.2. The van der Waals surface area contributed by atoms with Crippen LogP contribution < -0.4 is 10.6 Å². The van der Waals surface area contributed by atoms with Crippen molar-refractivity contribution in [3.05, 3.63) is 65.7 Å². The standard InChI is InChI=1S/C21H24N2O2/c24-20(14-16-6-4-5-7-16)23-19-12-10-18(11-13-19)21(25)22-15-17-8-2-1-3-9-17/h1-3,8-13,16H,4-7,14-15H2,(H,22,25)(H,23,24). The van der Waals surface area contributed by atoms with Gasteiger partial charge < -0.3 is 10.6 Å². The van der Waals surface area contributed by atoms with E-state index in [0.29, 0.717) is 24.4 Å². The molecular formula is C21H24N2O2. The number of carbonyl (C=O) groups is 2. The first-order chi connectivity index (χ1) is 12.2. The molecule has 3 rings (SSSR count). The van der Waals surface area contributed by atoms with Gasteiger partial charge in [0.15, 0.2) is 0 Å². The SMILES string of the molecule is O=C(CC1CCCC1)Nc1ccc(C(=O)NCc2ccccc2)cc1. The van der Waals surface area contributed by atoms with Crippen LogP contribution in [0.5, 0.6) is 0 Å². The highest BCUT2D eigenvalue weighted by Crippen LogP contribution is 2.27. The van der Waals surface area contributed by atoms with Gasteiger partial charge in [-0.25, -0.2) is 0 Å². The Morgan fingerprint density at radius 3 is 2.28 bits per heavy atom. The molecule has 1 fully saturated rings. The molecule has 0 aliphatic heterocycles. The summed E-state index contributed by atoms with van der Waals surface area (Å²) in [5, 5.41) is 5.82. The van der Waals surface area contributed by atoms with Crippen molar-refractivity contribution in [3.63, 3.8) is 0 Å². The predicted octanol–water partition coefficient (Wildman–Crippen LogP) is 4.14. The molecule has 0 saturated heterocycles. The third-order valence-electron chi connectivity index (χ3n) is 4.68. The van der Waals surface area contributed by atoms with E-state index in [1.165, 1.54) is 12.8 Å². The minimum Gasteiger partial charge on any atom is -0.348 e. The van der Waals surface area contributed by atoms with Gasteiger partial charge in [0.25, 0.3) is 5.91 Å². The van der Waals surface area contributed by atoms with E-state index < -0.39 is 0 Å². The van der Waals surface area contributed by atoms with Crippen molar-refractivity contribution >= 4 is 17.5 Å². The maximum atomic E-state index is 12.2. The van der Waals surface area contributed by atoms with Gasteiger partial charge in [-0.15, -0.1) is 0 Å². The first-order valence-corrected chi connectivity index (χ1v) is 8.93. The molecule has 25 heavy (non-hydrogen) atoms. The maximum Gasteiger partial charge on any atom is 0.251 e. The van der Waals surface area contributed by atoms with E-state index >= 15 is 0 Å². The highest BCUT2D eigenvalue weighted by molar-refractivity contribution is 5.95. The summed E-state index contributed by atoms with van der Waals surface area (Å²) in [6.07, 6.45) is 5.40. The van der Waals surface area contributed by atoms with Gasteiger partial charge in [-0.2, -0.15) is 0 Å². The third-order valence-corrected chi connectivity index (χ3v) is 4.68. The van der Waals surface area contributed by atoms with Crippen molar-refractivity contribution in [1.29, 1.82) is 0 Å². The van der Waals surface area contributed by atoms with Crippen LogP contribution in [0.25, 0.3) is 0 Å². The smallest absolute Gasteiger partial charge is 0.251 e. The number of hydrogen-bond donors (Lipinski definition) is 2. The number of rotatable bonds is 6. The molecule has 2 aromatic carbocycles. The van der Waals surface area contributed by atoms with Crippen molar-refractivity contribution in [1.82, 2.24) is 5.32 Å². The quantitative estimate of drug-likeness (QED) is 0.833. The Kier molecular flexibility index (Phi) is 5.83. The summed E-state index contributed by atoms with van der Waals surface area (Å²) in [6, 6.07) is 16.8. The predicted molar refractivity (Wildman–Crippen MR) is 99.3 cm³/mol. The molecule has 0 aromatic heterocycles. The van der Waals surface area contributed by atoms with Crippen LogP contribution in [-0.4, -0.2) is 11.8 Å². The molecule has 1 aliphatic carbocycles. The molecular weight excluding hydrogens is 312 g/mol. The van der Waals surface area contributed by atoms with Crippen molar-refractivity contribution in [2.45, 2.75) is 38.6 Å². The fourth-order valence-electron chi connectivity index (χ4n) is 3.27. The van der Waals surface area contributed by atoms with E-state index in [1.807, 2.05) is 30.3 Å². The van der Waals surface area contributed by atoms with Crippen LogP contribution in [-0.2, 0) is 11.3 Å². The van der Waals surface area contributed by atoms with Crippen LogP contribution in [0.4, 0.5) is 5.69 Å². The van der Waals surface area contributed by atoms with Gasteiger partial charge in [0.05, 0.1) is 0 Å². The molecule has 2 aromatic rings. The summed E-state index contributed by atoms with van der Waals surface area (Å²) in [5.74, 6) is 0.476. The minimum atomic E-state index is -0.118. The number of benzene rings is 2. The molecule has 1 aliphatic rings. The molecule has 0 unspecified atom stereocenters. The van der Waals surface area contributed by atoms with E-state index in [2.05, 4.69) is 10.6 Å². The third kappa shape index (κ3) is 5.18. The summed E-state index contributed by atoms with van der Waals surface area (Å²) in [7, 11) is 0. The molecule has 1 saturated carbocycles. The van der Waals surface area contributed by atoms with Crippen LogP contribution >= 0.6 is 0 Å². The van der Waals surface area contributed by atoms with Crippen LogP contribution in [0.15, 0.2) is 54.6 Å². The van der Waals surface area contributed by atoms with Crippen molar-refractivity contribution < 1.29 is 9.59 Å². The topological polar surface area (TPSA) is 58.2 Å². The maximum absolute atomic E-state index is 12.2. The lowest BCUT2D eigenvalue weighted by Gasteiger charge is -2.10. The molecule has 0 bridgehead atoms. The Labute approximate surface area is 148 Å². The molecule has 4 heteroatoms. The van der Waals surface area contributed by atoms with E-state index in [0.717, 1.165) is 24.1 Å². The first kappa shape index (κ1) is 17.2. The Hall–Kier alpha value is -2.62. The average molecular weight is 336 g/mol. The number of hydrogen-bond acceptors (Lipinski definition) is 2. The van der Waals surface area contributed by atoms with Crippen LogP contribution in [0.2, 0.25) is 0 Å². The lowest BCUT2D eigenvalue weighted by atomic mass is 10.0. The van der Waals surface area contributed by atoms with Gasteiger partial charge in [0.1, 0.15) is 0 Å².